The quantitative estimate of drug-likeness (QED) is 0.572. The van der Waals surface area contributed by atoms with Crippen LogP contribution in [0, 0.1) is 0 Å². The van der Waals surface area contributed by atoms with Crippen LogP contribution >= 0.6 is 0 Å². The van der Waals surface area contributed by atoms with Crippen molar-refractivity contribution in [2.24, 2.45) is 0 Å². The topological polar surface area (TPSA) is 117 Å². The van der Waals surface area contributed by atoms with E-state index in [9.17, 15) is 0 Å². The van der Waals surface area contributed by atoms with Crippen LogP contribution in [0.5, 0.6) is 0 Å². The highest BCUT2D eigenvalue weighted by Crippen LogP contribution is 2.17. The van der Waals surface area contributed by atoms with Crippen LogP contribution in [-0.4, -0.2) is 15.0 Å². The van der Waals surface area contributed by atoms with E-state index in [1.165, 1.54) is 0 Å². The van der Waals surface area contributed by atoms with E-state index >= 15 is 0 Å². The van der Waals surface area contributed by atoms with Gasteiger partial charge in [0.1, 0.15) is 0 Å². The van der Waals surface area contributed by atoms with Crippen LogP contribution in [0.2, 0.25) is 0 Å². The molecule has 0 spiro atoms. The van der Waals surface area contributed by atoms with Crippen molar-refractivity contribution in [3.05, 3.63) is 24.3 Å². The van der Waals surface area contributed by atoms with Gasteiger partial charge in [0.2, 0.25) is 11.9 Å². The van der Waals surface area contributed by atoms with E-state index < -0.39 is 0 Å². The van der Waals surface area contributed by atoms with Gasteiger partial charge in [0, 0.05) is 11.3 Å². The fraction of sp³-hybridized carbons (Fsp3) is 0. The highest BCUT2D eigenvalue weighted by Gasteiger charge is 2.04. The molecule has 0 amide bonds. The van der Waals surface area contributed by atoms with Gasteiger partial charge in [-0.15, -0.1) is 0 Å². The Morgan fingerprint density at radius 2 is 1.27 bits per heavy atom. The van der Waals surface area contributed by atoms with Crippen molar-refractivity contribution in [1.82, 2.24) is 15.0 Å². The van der Waals surface area contributed by atoms with E-state index in [-0.39, 0.29) is 11.9 Å². The van der Waals surface area contributed by atoms with Gasteiger partial charge in [-0.3, -0.25) is 0 Å². The summed E-state index contributed by atoms with van der Waals surface area (Å²) in [6.07, 6.45) is 0. The van der Waals surface area contributed by atoms with Crippen molar-refractivity contribution in [3.63, 3.8) is 0 Å². The predicted octanol–water partition coefficient (Wildman–Crippen LogP) is 0.285. The van der Waals surface area contributed by atoms with Crippen molar-refractivity contribution >= 4 is 17.6 Å². The molecule has 2 aromatic rings. The van der Waals surface area contributed by atoms with Crippen LogP contribution in [0.3, 0.4) is 0 Å². The second kappa shape index (κ2) is 3.41. The van der Waals surface area contributed by atoms with Gasteiger partial charge < -0.3 is 17.2 Å². The molecular weight excluding hydrogens is 192 g/mol. The summed E-state index contributed by atoms with van der Waals surface area (Å²) >= 11 is 0. The molecule has 1 heterocycles. The SMILES string of the molecule is Nc1ccc(-c2nc(N)nc(N)n2)cc1. The Morgan fingerprint density at radius 3 is 1.80 bits per heavy atom. The Labute approximate surface area is 86.2 Å². The molecule has 0 aliphatic carbocycles. The summed E-state index contributed by atoms with van der Waals surface area (Å²) in [4.78, 5) is 11.6. The van der Waals surface area contributed by atoms with Gasteiger partial charge in [-0.05, 0) is 24.3 Å². The number of nitrogen functional groups attached to an aromatic ring is 3. The second-order valence-corrected chi connectivity index (χ2v) is 3.00. The summed E-state index contributed by atoms with van der Waals surface area (Å²) in [7, 11) is 0. The lowest BCUT2D eigenvalue weighted by molar-refractivity contribution is 1.09. The van der Waals surface area contributed by atoms with E-state index in [0.29, 0.717) is 11.5 Å². The Hall–Kier alpha value is -2.37. The molecule has 0 bridgehead atoms. The fourth-order valence-corrected chi connectivity index (χ4v) is 1.17. The first-order valence-electron chi connectivity index (χ1n) is 4.28. The largest absolute Gasteiger partial charge is 0.399 e. The van der Waals surface area contributed by atoms with Crippen molar-refractivity contribution in [1.29, 1.82) is 0 Å². The van der Waals surface area contributed by atoms with E-state index in [1.807, 2.05) is 0 Å². The molecule has 6 heteroatoms. The summed E-state index contributed by atoms with van der Waals surface area (Å²) in [6.45, 7) is 0. The minimum atomic E-state index is 0.106. The lowest BCUT2D eigenvalue weighted by atomic mass is 10.2. The van der Waals surface area contributed by atoms with Gasteiger partial charge in [0.15, 0.2) is 5.82 Å². The number of aromatic nitrogens is 3. The van der Waals surface area contributed by atoms with Crippen LogP contribution in [0.1, 0.15) is 0 Å². The molecule has 0 aliphatic rings. The van der Waals surface area contributed by atoms with Crippen molar-refractivity contribution in [2.45, 2.75) is 0 Å². The number of nitrogens with zero attached hydrogens (tertiary/aromatic N) is 3. The van der Waals surface area contributed by atoms with Gasteiger partial charge >= 0.3 is 0 Å². The van der Waals surface area contributed by atoms with Gasteiger partial charge in [-0.25, -0.2) is 0 Å². The minimum Gasteiger partial charge on any atom is -0.399 e. The van der Waals surface area contributed by atoms with Crippen LogP contribution in [0.15, 0.2) is 24.3 Å². The Kier molecular flexibility index (Phi) is 2.09. The maximum absolute atomic E-state index is 5.56. The Bertz CT molecular complexity index is 458. The first-order valence-corrected chi connectivity index (χ1v) is 4.28. The van der Waals surface area contributed by atoms with E-state index in [0.717, 1.165) is 5.56 Å². The molecule has 2 rings (SSSR count). The molecule has 6 nitrogen and oxygen atoms in total. The number of rotatable bonds is 1. The molecule has 15 heavy (non-hydrogen) atoms. The number of benzene rings is 1. The molecule has 1 aromatic heterocycles. The fourth-order valence-electron chi connectivity index (χ4n) is 1.17. The first-order chi connectivity index (χ1) is 7.15. The first kappa shape index (κ1) is 9.20. The third-order valence-corrected chi connectivity index (χ3v) is 1.84. The molecule has 0 atom stereocenters. The standard InChI is InChI=1S/C9H10N6/c10-6-3-1-5(2-4-6)7-13-8(11)15-9(12)14-7/h1-4H,10H2,(H4,11,12,13,14,15). The van der Waals surface area contributed by atoms with Gasteiger partial charge in [0.05, 0.1) is 0 Å². The molecule has 0 radical (unpaired) electrons. The average molecular weight is 202 g/mol. The molecule has 0 aliphatic heterocycles. The lowest BCUT2D eigenvalue weighted by Crippen LogP contribution is -2.04. The molecule has 0 fully saturated rings. The normalized spacial score (nSPS) is 10.1. The van der Waals surface area contributed by atoms with E-state index in [4.69, 9.17) is 17.2 Å². The van der Waals surface area contributed by atoms with E-state index in [2.05, 4.69) is 15.0 Å². The summed E-state index contributed by atoms with van der Waals surface area (Å²) in [6, 6.07) is 7.10. The highest BCUT2D eigenvalue weighted by atomic mass is 15.1. The number of hydrogen-bond acceptors (Lipinski definition) is 6. The van der Waals surface area contributed by atoms with E-state index in [1.54, 1.807) is 24.3 Å². The molecule has 1 aromatic carbocycles. The second-order valence-electron chi connectivity index (χ2n) is 3.00. The molecule has 0 unspecified atom stereocenters. The molecule has 0 saturated carbocycles. The van der Waals surface area contributed by atoms with Crippen LogP contribution < -0.4 is 17.2 Å². The Balaban J connectivity index is 2.49. The van der Waals surface area contributed by atoms with Crippen LogP contribution in [-0.2, 0) is 0 Å². The summed E-state index contributed by atoms with van der Waals surface area (Å²) < 4.78 is 0. The minimum absolute atomic E-state index is 0.106. The molecule has 0 saturated heterocycles. The zero-order valence-corrected chi connectivity index (χ0v) is 7.88. The monoisotopic (exact) mass is 202 g/mol. The third-order valence-electron chi connectivity index (χ3n) is 1.84. The molecule has 6 N–H and O–H groups in total. The van der Waals surface area contributed by atoms with Gasteiger partial charge in [-0.2, -0.15) is 15.0 Å². The van der Waals surface area contributed by atoms with Gasteiger partial charge in [-0.1, -0.05) is 0 Å². The van der Waals surface area contributed by atoms with Crippen molar-refractivity contribution in [3.8, 4) is 11.4 Å². The third kappa shape index (κ3) is 1.93. The van der Waals surface area contributed by atoms with Crippen molar-refractivity contribution in [2.75, 3.05) is 17.2 Å². The smallest absolute Gasteiger partial charge is 0.225 e. The zero-order valence-electron chi connectivity index (χ0n) is 7.88. The number of anilines is 3. The molecule has 76 valence electrons. The highest BCUT2D eigenvalue weighted by molar-refractivity contribution is 5.60. The van der Waals surface area contributed by atoms with Crippen LogP contribution in [0.25, 0.3) is 11.4 Å². The average Bonchev–Trinajstić information content (AvgIpc) is 2.17. The summed E-state index contributed by atoms with van der Waals surface area (Å²) in [5.74, 6) is 0.656. The lowest BCUT2D eigenvalue weighted by Gasteiger charge is -2.02. The predicted molar refractivity (Wildman–Crippen MR) is 58.5 cm³/mol. The summed E-state index contributed by atoms with van der Waals surface area (Å²) in [5.41, 5.74) is 18.0. The number of hydrogen-bond donors (Lipinski definition) is 3. The Morgan fingerprint density at radius 1 is 0.733 bits per heavy atom. The molecular formula is C9H10N6. The van der Waals surface area contributed by atoms with Crippen molar-refractivity contribution < 1.29 is 0 Å². The maximum atomic E-state index is 5.56. The van der Waals surface area contributed by atoms with Gasteiger partial charge in [0.25, 0.3) is 0 Å². The number of nitrogens with two attached hydrogens (primary N) is 3. The summed E-state index contributed by atoms with van der Waals surface area (Å²) in [5, 5.41) is 0. The zero-order chi connectivity index (χ0) is 10.8. The maximum Gasteiger partial charge on any atom is 0.225 e. The van der Waals surface area contributed by atoms with Crippen LogP contribution in [0.4, 0.5) is 17.6 Å².